The number of rotatable bonds is 5. The van der Waals surface area contributed by atoms with Crippen molar-refractivity contribution in [1.29, 1.82) is 0 Å². The van der Waals surface area contributed by atoms with E-state index in [9.17, 15) is 14.7 Å². The summed E-state index contributed by atoms with van der Waals surface area (Å²) in [4.78, 5) is 31.4. The normalized spacial score (nSPS) is 17.9. The van der Waals surface area contributed by atoms with Gasteiger partial charge in [-0.05, 0) is 48.9 Å². The number of ether oxygens (including phenoxy) is 1. The predicted molar refractivity (Wildman–Crippen MR) is 121 cm³/mol. The lowest BCUT2D eigenvalue weighted by atomic mass is 9.95. The van der Waals surface area contributed by atoms with Crippen LogP contribution >= 0.6 is 34.5 Å². The first-order valence-electron chi connectivity index (χ1n) is 9.31. The third-order valence-corrected chi connectivity index (χ3v) is 6.28. The van der Waals surface area contributed by atoms with Gasteiger partial charge in [-0.25, -0.2) is 4.98 Å². The van der Waals surface area contributed by atoms with Crippen LogP contribution in [0.5, 0.6) is 5.75 Å². The molecular weight excluding hydrogens is 459 g/mol. The van der Waals surface area contributed by atoms with Crippen LogP contribution in [0.25, 0.3) is 5.76 Å². The van der Waals surface area contributed by atoms with Crippen molar-refractivity contribution < 1.29 is 19.4 Å². The molecule has 2 aromatic carbocycles. The zero-order valence-corrected chi connectivity index (χ0v) is 18.5. The fourth-order valence-electron chi connectivity index (χ4n) is 3.39. The third-order valence-electron chi connectivity index (χ3n) is 4.77. The number of carbonyl (C=O) groups excluding carboxylic acids is 2. The van der Waals surface area contributed by atoms with Crippen LogP contribution in [0.1, 0.15) is 24.1 Å². The van der Waals surface area contributed by atoms with Gasteiger partial charge in [0.2, 0.25) is 0 Å². The van der Waals surface area contributed by atoms with Crippen LogP contribution < -0.4 is 9.64 Å². The van der Waals surface area contributed by atoms with E-state index in [0.717, 1.165) is 0 Å². The molecule has 1 saturated heterocycles. The van der Waals surface area contributed by atoms with Crippen molar-refractivity contribution in [2.24, 2.45) is 0 Å². The van der Waals surface area contributed by atoms with Crippen molar-refractivity contribution in [3.63, 3.8) is 0 Å². The van der Waals surface area contributed by atoms with Gasteiger partial charge in [0.1, 0.15) is 11.5 Å². The monoisotopic (exact) mass is 474 g/mol. The summed E-state index contributed by atoms with van der Waals surface area (Å²) in [6.07, 6.45) is 1.54. The summed E-state index contributed by atoms with van der Waals surface area (Å²) in [5.41, 5.74) is 0.852. The van der Waals surface area contributed by atoms with Crippen LogP contribution in [-0.2, 0) is 9.59 Å². The summed E-state index contributed by atoms with van der Waals surface area (Å²) in [6, 6.07) is 10.5. The van der Waals surface area contributed by atoms with Gasteiger partial charge in [0.25, 0.3) is 5.78 Å². The summed E-state index contributed by atoms with van der Waals surface area (Å²) in [6.45, 7) is 2.37. The molecule has 158 valence electrons. The van der Waals surface area contributed by atoms with Gasteiger partial charge in [-0.3, -0.25) is 14.5 Å². The van der Waals surface area contributed by atoms with Crippen LogP contribution in [0.2, 0.25) is 10.0 Å². The molecule has 1 aliphatic heterocycles. The molecule has 1 atom stereocenters. The van der Waals surface area contributed by atoms with Gasteiger partial charge in [0.05, 0.1) is 28.3 Å². The number of aromatic nitrogens is 1. The molecule has 31 heavy (non-hydrogen) atoms. The number of anilines is 1. The average Bonchev–Trinajstić information content (AvgIpc) is 3.37. The molecule has 9 heteroatoms. The average molecular weight is 475 g/mol. The molecule has 1 amide bonds. The zero-order valence-electron chi connectivity index (χ0n) is 16.2. The summed E-state index contributed by atoms with van der Waals surface area (Å²) < 4.78 is 5.42. The maximum Gasteiger partial charge on any atom is 0.301 e. The van der Waals surface area contributed by atoms with Crippen LogP contribution in [-0.4, -0.2) is 28.4 Å². The molecule has 1 N–H and O–H groups in total. The number of hydrogen-bond acceptors (Lipinski definition) is 6. The fraction of sp³-hybridized carbons (Fsp3) is 0.136. The smallest absolute Gasteiger partial charge is 0.301 e. The van der Waals surface area contributed by atoms with E-state index in [2.05, 4.69) is 4.98 Å². The minimum Gasteiger partial charge on any atom is -0.507 e. The second-order valence-electron chi connectivity index (χ2n) is 6.61. The SMILES string of the molecule is CCOc1ccc(/C(O)=C2\C(=O)C(=O)N(c3nccs3)C2c2ccc(Cl)c(Cl)c2)cc1. The summed E-state index contributed by atoms with van der Waals surface area (Å²) in [7, 11) is 0. The first kappa shape index (κ1) is 21.4. The Morgan fingerprint density at radius 1 is 1.16 bits per heavy atom. The molecule has 1 aromatic heterocycles. The Bertz CT molecular complexity index is 1180. The lowest BCUT2D eigenvalue weighted by Crippen LogP contribution is -2.29. The lowest BCUT2D eigenvalue weighted by molar-refractivity contribution is -0.132. The number of carbonyl (C=O) groups is 2. The fourth-order valence-corrected chi connectivity index (χ4v) is 4.37. The number of Topliss-reactive ketones (excluding diaryl/α,β-unsaturated/α-hetero) is 1. The topological polar surface area (TPSA) is 79.7 Å². The van der Waals surface area contributed by atoms with Crippen LogP contribution in [0, 0.1) is 0 Å². The standard InChI is InChI=1S/C22H16Cl2N2O4S/c1-2-30-14-6-3-12(4-7-14)19(27)17-18(13-5-8-15(23)16(24)11-13)26(21(29)20(17)28)22-25-9-10-31-22/h3-11,18,27H,2H2,1H3/b19-17+. The zero-order chi connectivity index (χ0) is 22.1. The minimum absolute atomic E-state index is 0.0530. The Hall–Kier alpha value is -2.87. The summed E-state index contributed by atoms with van der Waals surface area (Å²) in [5, 5.41) is 13.7. The first-order chi connectivity index (χ1) is 14.9. The maximum atomic E-state index is 13.0. The third kappa shape index (κ3) is 3.92. The molecule has 6 nitrogen and oxygen atoms in total. The van der Waals surface area contributed by atoms with Crippen molar-refractivity contribution >= 4 is 57.1 Å². The highest BCUT2D eigenvalue weighted by molar-refractivity contribution is 7.14. The van der Waals surface area contributed by atoms with Gasteiger partial charge in [0, 0.05) is 17.1 Å². The van der Waals surface area contributed by atoms with Crippen molar-refractivity contribution in [2.75, 3.05) is 11.5 Å². The number of hydrogen-bond donors (Lipinski definition) is 1. The molecule has 0 aliphatic carbocycles. The largest absolute Gasteiger partial charge is 0.507 e. The van der Waals surface area contributed by atoms with Crippen molar-refractivity contribution in [1.82, 2.24) is 4.98 Å². The minimum atomic E-state index is -0.910. The van der Waals surface area contributed by atoms with Gasteiger partial charge in [-0.2, -0.15) is 0 Å². The maximum absolute atomic E-state index is 13.0. The number of benzene rings is 2. The Labute approximate surface area is 192 Å². The second-order valence-corrected chi connectivity index (χ2v) is 8.30. The summed E-state index contributed by atoms with van der Waals surface area (Å²) >= 11 is 13.5. The van der Waals surface area contributed by atoms with Crippen molar-refractivity contribution in [2.45, 2.75) is 13.0 Å². The van der Waals surface area contributed by atoms with Crippen molar-refractivity contribution in [3.8, 4) is 5.75 Å². The Morgan fingerprint density at radius 3 is 2.52 bits per heavy atom. The van der Waals surface area contributed by atoms with E-state index in [1.54, 1.807) is 47.8 Å². The highest BCUT2D eigenvalue weighted by Crippen LogP contribution is 2.43. The Morgan fingerprint density at radius 2 is 1.90 bits per heavy atom. The van der Waals surface area contributed by atoms with Crippen molar-refractivity contribution in [3.05, 3.63) is 80.8 Å². The molecule has 0 spiro atoms. The molecule has 0 saturated carbocycles. The van der Waals surface area contributed by atoms with E-state index in [0.29, 0.717) is 33.6 Å². The van der Waals surface area contributed by atoms with Crippen LogP contribution in [0.3, 0.4) is 0 Å². The number of ketones is 1. The number of amides is 1. The number of nitrogens with zero attached hydrogens (tertiary/aromatic N) is 2. The predicted octanol–water partition coefficient (Wildman–Crippen LogP) is 5.47. The molecule has 0 bridgehead atoms. The summed E-state index contributed by atoms with van der Waals surface area (Å²) in [5.74, 6) is -1.25. The Kier molecular flexibility index (Phi) is 6.00. The molecule has 3 aromatic rings. The van der Waals surface area contributed by atoms with E-state index < -0.39 is 17.7 Å². The number of aliphatic hydroxyl groups excluding tert-OH is 1. The van der Waals surface area contributed by atoms with E-state index in [4.69, 9.17) is 27.9 Å². The second kappa shape index (κ2) is 8.70. The Balaban J connectivity index is 1.89. The highest BCUT2D eigenvalue weighted by Gasteiger charge is 2.48. The van der Waals surface area contributed by atoms with Gasteiger partial charge in [-0.1, -0.05) is 29.3 Å². The molecular formula is C22H16Cl2N2O4S. The molecule has 0 radical (unpaired) electrons. The van der Waals surface area contributed by atoms with E-state index >= 15 is 0 Å². The first-order valence-corrected chi connectivity index (χ1v) is 10.9. The van der Waals surface area contributed by atoms with Gasteiger partial charge in [-0.15, -0.1) is 11.3 Å². The van der Waals surface area contributed by atoms with Crippen LogP contribution in [0.4, 0.5) is 5.13 Å². The molecule has 1 aliphatic rings. The van der Waals surface area contributed by atoms with Gasteiger partial charge >= 0.3 is 5.91 Å². The quantitative estimate of drug-likeness (QED) is 0.301. The van der Waals surface area contributed by atoms with Gasteiger partial charge in [0.15, 0.2) is 5.13 Å². The number of aliphatic hydroxyl groups is 1. The lowest BCUT2D eigenvalue weighted by Gasteiger charge is -2.23. The molecule has 2 heterocycles. The molecule has 1 unspecified atom stereocenters. The number of thiazole rings is 1. The van der Waals surface area contributed by atoms with Gasteiger partial charge < -0.3 is 9.84 Å². The number of halogens is 2. The van der Waals surface area contributed by atoms with E-state index in [1.807, 2.05) is 6.92 Å². The molecule has 1 fully saturated rings. The van der Waals surface area contributed by atoms with Crippen LogP contribution in [0.15, 0.2) is 59.6 Å². The van der Waals surface area contributed by atoms with E-state index in [1.165, 1.54) is 22.4 Å². The molecule has 4 rings (SSSR count). The highest BCUT2D eigenvalue weighted by atomic mass is 35.5. The van der Waals surface area contributed by atoms with E-state index in [-0.39, 0.29) is 16.4 Å².